The molecule has 2 heteroatoms. The Morgan fingerprint density at radius 3 is 2.42 bits per heavy atom. The van der Waals surface area contributed by atoms with Gasteiger partial charge in [0.05, 0.1) is 0 Å². The van der Waals surface area contributed by atoms with Gasteiger partial charge in [-0.1, -0.05) is 76.8 Å². The first-order chi connectivity index (χ1) is 14.9. The molecule has 0 saturated heterocycles. The molecule has 1 N–H and O–H groups in total. The van der Waals surface area contributed by atoms with Crippen LogP contribution in [-0.2, 0) is 6.42 Å². The van der Waals surface area contributed by atoms with E-state index in [2.05, 4.69) is 44.5 Å². The van der Waals surface area contributed by atoms with Gasteiger partial charge < -0.3 is 5.32 Å². The van der Waals surface area contributed by atoms with Crippen LogP contribution in [0.5, 0.6) is 0 Å². The Morgan fingerprint density at radius 1 is 1.10 bits per heavy atom. The van der Waals surface area contributed by atoms with Gasteiger partial charge in [0, 0.05) is 22.5 Å². The smallest absolute Gasteiger partial charge is 0.131 e. The maximum atomic E-state index is 14.8. The van der Waals surface area contributed by atoms with Crippen molar-refractivity contribution in [2.24, 2.45) is 0 Å². The number of halogens is 1. The number of benzene rings is 2. The van der Waals surface area contributed by atoms with Crippen molar-refractivity contribution in [3.8, 4) is 0 Å². The van der Waals surface area contributed by atoms with Gasteiger partial charge in [0.2, 0.25) is 0 Å². The fraction of sp³-hybridized carbons (Fsp3) is 0.310. The molecule has 31 heavy (non-hydrogen) atoms. The molecule has 2 aromatic carbocycles. The highest BCUT2D eigenvalue weighted by molar-refractivity contribution is 5.77. The Kier molecular flexibility index (Phi) is 11.3. The third-order valence-electron chi connectivity index (χ3n) is 5.24. The molecule has 0 bridgehead atoms. The maximum absolute atomic E-state index is 14.8. The lowest BCUT2D eigenvalue weighted by atomic mass is 9.99. The van der Waals surface area contributed by atoms with E-state index in [4.69, 9.17) is 0 Å². The summed E-state index contributed by atoms with van der Waals surface area (Å²) >= 11 is 0. The average Bonchev–Trinajstić information content (AvgIpc) is 2.78. The summed E-state index contributed by atoms with van der Waals surface area (Å²) in [6.07, 6.45) is 8.92. The third kappa shape index (κ3) is 7.71. The molecule has 2 rings (SSSR count). The van der Waals surface area contributed by atoms with Gasteiger partial charge in [-0.25, -0.2) is 4.39 Å². The van der Waals surface area contributed by atoms with Crippen LogP contribution in [0.1, 0.15) is 69.7 Å². The minimum Gasteiger partial charge on any atom is -0.356 e. The predicted octanol–water partition coefficient (Wildman–Crippen LogP) is 9.12. The summed E-state index contributed by atoms with van der Waals surface area (Å²) in [5.41, 5.74) is 7.57. The monoisotopic (exact) mass is 419 g/mol. The van der Waals surface area contributed by atoms with Crippen LogP contribution in [0, 0.1) is 12.7 Å². The number of hydrogen-bond donors (Lipinski definition) is 1. The lowest BCUT2D eigenvalue weighted by Gasteiger charge is -2.14. The number of unbranched alkanes of at least 4 members (excludes halogenated alkanes) is 1. The van der Waals surface area contributed by atoms with Crippen LogP contribution in [0.15, 0.2) is 73.4 Å². The van der Waals surface area contributed by atoms with Crippen LogP contribution in [0.4, 0.5) is 10.1 Å². The Hall–Kier alpha value is -2.87. The molecule has 0 amide bonds. The number of nitrogens with one attached hydrogen (secondary N) is 1. The van der Waals surface area contributed by atoms with E-state index in [0.717, 1.165) is 28.8 Å². The molecule has 0 saturated carbocycles. The van der Waals surface area contributed by atoms with Crippen molar-refractivity contribution < 1.29 is 4.39 Å². The number of rotatable bonds is 9. The summed E-state index contributed by atoms with van der Waals surface area (Å²) < 4.78 is 14.8. The lowest BCUT2D eigenvalue weighted by Crippen LogP contribution is -2.01. The lowest BCUT2D eigenvalue weighted by molar-refractivity contribution is 0.623. The number of anilines is 1. The van der Waals surface area contributed by atoms with Crippen LogP contribution in [-0.4, -0.2) is 0 Å². The molecular formula is C29H38FN. The summed E-state index contributed by atoms with van der Waals surface area (Å²) in [5, 5.41) is 3.33. The molecule has 2 aromatic rings. The first-order valence-electron chi connectivity index (χ1n) is 11.2. The van der Waals surface area contributed by atoms with Gasteiger partial charge >= 0.3 is 0 Å². The van der Waals surface area contributed by atoms with E-state index < -0.39 is 0 Å². The van der Waals surface area contributed by atoms with Gasteiger partial charge in [-0.2, -0.15) is 0 Å². The second-order valence-electron chi connectivity index (χ2n) is 7.45. The van der Waals surface area contributed by atoms with Crippen LogP contribution in [0.2, 0.25) is 0 Å². The first kappa shape index (κ1) is 26.2. The Balaban J connectivity index is 0.00000233. The summed E-state index contributed by atoms with van der Waals surface area (Å²) in [7, 11) is 0. The highest BCUT2D eigenvalue weighted by Crippen LogP contribution is 2.26. The highest BCUT2D eigenvalue weighted by Gasteiger charge is 2.10. The minimum atomic E-state index is -0.248. The van der Waals surface area contributed by atoms with Crippen molar-refractivity contribution in [1.29, 1.82) is 0 Å². The summed E-state index contributed by atoms with van der Waals surface area (Å²) in [5.74, 6) is -0.248. The number of hydrogen-bond acceptors (Lipinski definition) is 1. The highest BCUT2D eigenvalue weighted by atomic mass is 19.1. The van der Waals surface area contributed by atoms with E-state index in [1.807, 2.05) is 58.0 Å². The van der Waals surface area contributed by atoms with Crippen LogP contribution in [0.3, 0.4) is 0 Å². The van der Waals surface area contributed by atoms with E-state index in [0.29, 0.717) is 11.3 Å². The summed E-state index contributed by atoms with van der Waals surface area (Å²) in [6.45, 7) is 20.0. The third-order valence-corrected chi connectivity index (χ3v) is 5.24. The van der Waals surface area contributed by atoms with Crippen molar-refractivity contribution in [2.45, 2.75) is 60.8 Å². The van der Waals surface area contributed by atoms with Gasteiger partial charge in [0.25, 0.3) is 0 Å². The topological polar surface area (TPSA) is 12.0 Å². The van der Waals surface area contributed by atoms with Gasteiger partial charge in [-0.3, -0.25) is 0 Å². The van der Waals surface area contributed by atoms with E-state index in [-0.39, 0.29) is 5.82 Å². The molecule has 0 radical (unpaired) electrons. The van der Waals surface area contributed by atoms with Crippen molar-refractivity contribution >= 4 is 17.0 Å². The molecule has 0 fully saturated rings. The summed E-state index contributed by atoms with van der Waals surface area (Å²) in [4.78, 5) is 0. The second-order valence-corrected chi connectivity index (χ2v) is 7.45. The zero-order chi connectivity index (χ0) is 23.4. The van der Waals surface area contributed by atoms with Crippen molar-refractivity contribution in [2.75, 3.05) is 5.32 Å². The molecule has 0 atom stereocenters. The molecule has 0 aliphatic heterocycles. The van der Waals surface area contributed by atoms with Gasteiger partial charge in [0.1, 0.15) is 5.82 Å². The van der Waals surface area contributed by atoms with Crippen LogP contribution in [0.25, 0.3) is 11.3 Å². The molecule has 0 spiro atoms. The molecule has 166 valence electrons. The van der Waals surface area contributed by atoms with Gasteiger partial charge in [0.15, 0.2) is 0 Å². The second kappa shape index (κ2) is 13.4. The summed E-state index contributed by atoms with van der Waals surface area (Å²) in [6, 6.07) is 11.6. The Morgan fingerprint density at radius 2 is 1.81 bits per heavy atom. The minimum absolute atomic E-state index is 0.248. The van der Waals surface area contributed by atoms with Crippen molar-refractivity contribution in [1.82, 2.24) is 0 Å². The van der Waals surface area contributed by atoms with Crippen molar-refractivity contribution in [3.05, 3.63) is 101 Å². The quantitative estimate of drug-likeness (QED) is 0.400. The maximum Gasteiger partial charge on any atom is 0.131 e. The van der Waals surface area contributed by atoms with Gasteiger partial charge in [-0.15, -0.1) is 0 Å². The molecule has 0 aromatic heterocycles. The zero-order valence-electron chi connectivity index (χ0n) is 20.1. The van der Waals surface area contributed by atoms with Crippen LogP contribution < -0.4 is 5.32 Å². The molecule has 1 nitrogen and oxygen atoms in total. The van der Waals surface area contributed by atoms with Crippen LogP contribution >= 0.6 is 0 Å². The van der Waals surface area contributed by atoms with Crippen molar-refractivity contribution in [3.63, 3.8) is 0 Å². The molecule has 0 aliphatic rings. The Bertz CT molecular complexity index is 947. The van der Waals surface area contributed by atoms with E-state index in [1.54, 1.807) is 12.1 Å². The fourth-order valence-corrected chi connectivity index (χ4v) is 3.19. The average molecular weight is 420 g/mol. The Labute approximate surface area is 189 Å². The molecule has 0 unspecified atom stereocenters. The molecule has 0 heterocycles. The SMILES string of the molecule is C=C/C=C\C(C)=C(/C)c1ccc(C(=C)Nc2ccc(C)c(CCCC)c2)cc1F.CC. The largest absolute Gasteiger partial charge is 0.356 e. The number of allylic oxidation sites excluding steroid dienone is 5. The number of aryl methyl sites for hydroxylation is 2. The normalized spacial score (nSPS) is 11.5. The van der Waals surface area contributed by atoms with Gasteiger partial charge in [-0.05, 0) is 74.1 Å². The standard InChI is InChI=1S/C27H32FN.C2H6/c1-7-9-11-19(3)21(5)26-16-14-24(18-27(26)28)22(6)29-25-15-13-20(4)23(17-25)12-10-8-2;1-2/h7,9,11,13-18,29H,1,6,8,10,12H2,2-5H3;1-2H3/b11-9-,21-19+;. The molecule has 0 aliphatic carbocycles. The van der Waals surface area contributed by atoms with E-state index >= 15 is 0 Å². The molecular weight excluding hydrogens is 381 g/mol. The predicted molar refractivity (Wildman–Crippen MR) is 138 cm³/mol. The fourth-order valence-electron chi connectivity index (χ4n) is 3.19. The van der Waals surface area contributed by atoms with E-state index in [9.17, 15) is 4.39 Å². The van der Waals surface area contributed by atoms with E-state index in [1.165, 1.54) is 24.0 Å². The zero-order valence-corrected chi connectivity index (χ0v) is 20.1. The first-order valence-corrected chi connectivity index (χ1v) is 11.2.